The van der Waals surface area contributed by atoms with E-state index in [1.807, 2.05) is 13.8 Å². The molecule has 4 aliphatic rings. The molecule has 0 aromatic heterocycles. The third-order valence-electron chi connectivity index (χ3n) is 10.4. The summed E-state index contributed by atoms with van der Waals surface area (Å²) < 4.78 is 34.0. The van der Waals surface area contributed by atoms with Gasteiger partial charge in [0.25, 0.3) is 0 Å². The van der Waals surface area contributed by atoms with Crippen molar-refractivity contribution in [1.82, 2.24) is 30.7 Å². The van der Waals surface area contributed by atoms with E-state index < -0.39 is 95.9 Å². The van der Waals surface area contributed by atoms with Gasteiger partial charge in [-0.15, -0.1) is 0 Å². The largest absolute Gasteiger partial charge is 0.461 e. The van der Waals surface area contributed by atoms with Crippen LogP contribution in [0.3, 0.4) is 0 Å². The van der Waals surface area contributed by atoms with Crippen molar-refractivity contribution in [2.24, 2.45) is 5.92 Å². The maximum Gasteiger partial charge on any atom is 0.328 e. The summed E-state index contributed by atoms with van der Waals surface area (Å²) in [6.45, 7) is 5.34. The first-order chi connectivity index (χ1) is 25.8. The maximum absolute atomic E-state index is 14.3. The molecule has 54 heavy (non-hydrogen) atoms. The molecule has 0 spiro atoms. The average Bonchev–Trinajstić information content (AvgIpc) is 3.90. The van der Waals surface area contributed by atoms with Crippen LogP contribution in [0.4, 0.5) is 8.78 Å². The van der Waals surface area contributed by atoms with Crippen LogP contribution in [0.1, 0.15) is 77.7 Å². The standard InChI is InChI=1S/C38H50F2N6O8/c1-4-5-6-7-12-32(47)42-27(18-24-16-25(39)19-26(40)17-24)33(48)43-28-21-54-38(53)31-15-22(2)20-46(31)35(50)23(3)41-34(49)29-10-8-13-44(29)37(52)30-11-9-14-45(30)36(28)51/h7,12,16-17,19,22-23,27-31H,4-6,8-11,13-15,18,20-21H2,1-3H3,(H,41,49)(H,42,47)(H,43,48)/b12-7+/t22-,23+,27+,28+,29+,30+,31+/m1/s1. The molecule has 14 nitrogen and oxygen atoms in total. The minimum Gasteiger partial charge on any atom is -0.461 e. The number of carbonyl (C=O) groups excluding carboxylic acids is 7. The van der Waals surface area contributed by atoms with Crippen molar-refractivity contribution in [2.45, 2.75) is 115 Å². The Labute approximate surface area is 313 Å². The van der Waals surface area contributed by atoms with Crippen molar-refractivity contribution < 1.29 is 47.1 Å². The van der Waals surface area contributed by atoms with Crippen molar-refractivity contribution in [3.8, 4) is 0 Å². The van der Waals surface area contributed by atoms with Crippen molar-refractivity contribution >= 4 is 41.4 Å². The molecule has 0 unspecified atom stereocenters. The SMILES string of the molecule is CCCC/C=C/C(=O)N[C@@H](Cc1cc(F)cc(F)c1)C(=O)N[C@H]1COC(=O)[C@@H]2C[C@@H](C)CN2C(=O)[C@H](C)NC(=O)[C@@H]2CCCN2C(=O)[C@@H]2CCCN2C1=O. The van der Waals surface area contributed by atoms with Gasteiger partial charge in [-0.1, -0.05) is 32.8 Å². The molecule has 1 aromatic rings. The van der Waals surface area contributed by atoms with E-state index in [4.69, 9.17) is 4.74 Å². The Morgan fingerprint density at radius 3 is 2.28 bits per heavy atom. The highest BCUT2D eigenvalue weighted by atomic mass is 19.1. The van der Waals surface area contributed by atoms with E-state index in [-0.39, 0.29) is 50.4 Å². The maximum atomic E-state index is 14.3. The summed E-state index contributed by atoms with van der Waals surface area (Å²) >= 11 is 0. The molecule has 7 atom stereocenters. The summed E-state index contributed by atoms with van der Waals surface area (Å²) in [6, 6.07) is -4.12. The predicted octanol–water partition coefficient (Wildman–Crippen LogP) is 1.50. The number of amides is 6. The third kappa shape index (κ3) is 9.61. The van der Waals surface area contributed by atoms with Crippen LogP contribution in [0, 0.1) is 17.6 Å². The van der Waals surface area contributed by atoms with Gasteiger partial charge >= 0.3 is 5.97 Å². The normalized spacial score (nSPS) is 27.4. The number of halogens is 2. The number of allylic oxidation sites excluding steroid dienone is 1. The topological polar surface area (TPSA) is 175 Å². The summed E-state index contributed by atoms with van der Waals surface area (Å²) in [5.41, 5.74) is 0.0578. The number of esters is 1. The number of carbonyl (C=O) groups is 7. The highest BCUT2D eigenvalue weighted by molar-refractivity contribution is 5.98. The molecule has 3 N–H and O–H groups in total. The van der Waals surface area contributed by atoms with E-state index in [9.17, 15) is 42.3 Å². The minimum atomic E-state index is -1.55. The molecular weight excluding hydrogens is 706 g/mol. The van der Waals surface area contributed by atoms with Gasteiger partial charge in [-0.05, 0) is 75.1 Å². The number of ether oxygens (including phenoxy) is 1. The second-order valence-electron chi connectivity index (χ2n) is 14.7. The molecule has 294 valence electrons. The van der Waals surface area contributed by atoms with Gasteiger partial charge in [0.05, 0.1) is 0 Å². The van der Waals surface area contributed by atoms with E-state index in [2.05, 4.69) is 16.0 Å². The van der Waals surface area contributed by atoms with E-state index >= 15 is 0 Å². The summed E-state index contributed by atoms with van der Waals surface area (Å²) in [5, 5.41) is 7.87. The lowest BCUT2D eigenvalue weighted by Crippen LogP contribution is -2.60. The summed E-state index contributed by atoms with van der Waals surface area (Å²) in [5.74, 6) is -6.44. The quantitative estimate of drug-likeness (QED) is 0.193. The fourth-order valence-electron chi connectivity index (χ4n) is 7.73. The second-order valence-corrected chi connectivity index (χ2v) is 14.7. The third-order valence-corrected chi connectivity index (χ3v) is 10.4. The summed E-state index contributed by atoms with van der Waals surface area (Å²) in [4.78, 5) is 100. The van der Waals surface area contributed by atoms with Gasteiger partial charge in [0.2, 0.25) is 35.4 Å². The van der Waals surface area contributed by atoms with Crippen LogP contribution in [0.15, 0.2) is 30.4 Å². The monoisotopic (exact) mass is 756 g/mol. The van der Waals surface area contributed by atoms with Gasteiger partial charge in [0.15, 0.2) is 0 Å². The summed E-state index contributed by atoms with van der Waals surface area (Å²) in [7, 11) is 0. The fraction of sp³-hybridized carbons (Fsp3) is 0.605. The molecule has 0 bridgehead atoms. The number of unbranched alkanes of at least 4 members (excludes halogenated alkanes) is 2. The first-order valence-electron chi connectivity index (χ1n) is 18.9. The first-order valence-corrected chi connectivity index (χ1v) is 18.9. The predicted molar refractivity (Wildman–Crippen MR) is 190 cm³/mol. The van der Waals surface area contributed by atoms with E-state index in [0.29, 0.717) is 31.7 Å². The number of hydrogen-bond donors (Lipinski definition) is 3. The van der Waals surface area contributed by atoms with Gasteiger partial charge in [-0.3, -0.25) is 28.8 Å². The molecule has 4 aliphatic heterocycles. The van der Waals surface area contributed by atoms with Crippen LogP contribution in [-0.4, -0.2) is 119 Å². The van der Waals surface area contributed by atoms with Crippen molar-refractivity contribution in [1.29, 1.82) is 0 Å². The van der Waals surface area contributed by atoms with Crippen LogP contribution < -0.4 is 16.0 Å². The molecule has 6 amide bonds. The minimum absolute atomic E-state index is 0.0578. The van der Waals surface area contributed by atoms with Gasteiger partial charge in [-0.2, -0.15) is 0 Å². The Balaban J connectivity index is 1.46. The molecule has 1 aromatic carbocycles. The lowest BCUT2D eigenvalue weighted by atomic mass is 10.0. The van der Waals surface area contributed by atoms with Gasteiger partial charge < -0.3 is 35.4 Å². The van der Waals surface area contributed by atoms with E-state index in [1.54, 1.807) is 6.08 Å². The molecule has 0 saturated carbocycles. The number of benzene rings is 1. The highest BCUT2D eigenvalue weighted by Crippen LogP contribution is 2.28. The zero-order valence-corrected chi connectivity index (χ0v) is 31.0. The molecule has 4 fully saturated rings. The fourth-order valence-corrected chi connectivity index (χ4v) is 7.73. The number of rotatable bonds is 9. The van der Waals surface area contributed by atoms with Crippen molar-refractivity contribution in [2.75, 3.05) is 26.2 Å². The van der Waals surface area contributed by atoms with Gasteiger partial charge in [-0.25, -0.2) is 13.6 Å². The Kier molecular flexibility index (Phi) is 13.4. The van der Waals surface area contributed by atoms with Gasteiger partial charge in [0, 0.05) is 32.1 Å². The molecule has 4 saturated heterocycles. The Bertz CT molecular complexity index is 1640. The number of hydrogen-bond acceptors (Lipinski definition) is 8. The molecule has 4 heterocycles. The number of nitrogens with zero attached hydrogens (tertiary/aromatic N) is 3. The van der Waals surface area contributed by atoms with Crippen LogP contribution in [0.2, 0.25) is 0 Å². The van der Waals surface area contributed by atoms with Gasteiger partial charge in [0.1, 0.15) is 54.5 Å². The molecule has 0 aliphatic carbocycles. The van der Waals surface area contributed by atoms with Crippen LogP contribution in [0.25, 0.3) is 0 Å². The van der Waals surface area contributed by atoms with Crippen molar-refractivity contribution in [3.05, 3.63) is 47.5 Å². The van der Waals surface area contributed by atoms with E-state index in [1.165, 1.54) is 27.7 Å². The Morgan fingerprint density at radius 2 is 1.59 bits per heavy atom. The Morgan fingerprint density at radius 1 is 0.926 bits per heavy atom. The average molecular weight is 757 g/mol. The smallest absolute Gasteiger partial charge is 0.328 e. The van der Waals surface area contributed by atoms with Crippen molar-refractivity contribution in [3.63, 3.8) is 0 Å². The molecule has 0 radical (unpaired) electrons. The number of nitrogens with one attached hydrogen (secondary N) is 3. The van der Waals surface area contributed by atoms with Crippen LogP contribution >= 0.6 is 0 Å². The molecular formula is C38H50F2N6O8. The molecule has 16 heteroatoms. The highest BCUT2D eigenvalue weighted by Gasteiger charge is 2.46. The van der Waals surface area contributed by atoms with E-state index in [0.717, 1.165) is 25.0 Å². The molecule has 5 rings (SSSR count). The second kappa shape index (κ2) is 18.0. The first kappa shape index (κ1) is 40.3. The Hall–Kier alpha value is -4.89. The zero-order valence-electron chi connectivity index (χ0n) is 31.0. The van der Waals surface area contributed by atoms with Crippen LogP contribution in [-0.2, 0) is 44.7 Å². The zero-order chi connectivity index (χ0) is 39.1. The summed E-state index contributed by atoms with van der Waals surface area (Å²) in [6.07, 6.45) is 6.77. The lowest BCUT2D eigenvalue weighted by molar-refractivity contribution is -0.158. The lowest BCUT2D eigenvalue weighted by Gasteiger charge is -2.34. The van der Waals surface area contributed by atoms with Crippen LogP contribution in [0.5, 0.6) is 0 Å². The number of cyclic esters (lactones) is 1. The number of fused-ring (bicyclic) bond motifs is 3.